The maximum Gasteiger partial charge on any atom is 0.303 e. The first kappa shape index (κ1) is 13.6. The van der Waals surface area contributed by atoms with Gasteiger partial charge in [0, 0.05) is 18.7 Å². The van der Waals surface area contributed by atoms with Crippen molar-refractivity contribution in [3.8, 4) is 0 Å². The molecular weight excluding hydrogens is 214 g/mol. The van der Waals surface area contributed by atoms with Crippen molar-refractivity contribution in [1.82, 2.24) is 0 Å². The Hall–Kier alpha value is -1.51. The summed E-state index contributed by atoms with van der Waals surface area (Å²) in [6.45, 7) is 3.01. The van der Waals surface area contributed by atoms with Gasteiger partial charge in [0.15, 0.2) is 0 Å². The van der Waals surface area contributed by atoms with Crippen LogP contribution in [0.25, 0.3) is 0 Å². The summed E-state index contributed by atoms with van der Waals surface area (Å²) >= 11 is 0. The highest BCUT2D eigenvalue weighted by Gasteiger charge is 1.97. The number of carboxylic acid groups (broad SMARTS) is 1. The molecule has 0 atom stereocenters. The number of anilines is 1. The van der Waals surface area contributed by atoms with E-state index in [9.17, 15) is 4.79 Å². The molecule has 0 aliphatic rings. The lowest BCUT2D eigenvalue weighted by Gasteiger charge is -2.06. The van der Waals surface area contributed by atoms with E-state index in [2.05, 4.69) is 36.5 Å². The number of benzene rings is 1. The molecule has 1 rings (SSSR count). The highest BCUT2D eigenvalue weighted by atomic mass is 16.4. The molecule has 1 aromatic carbocycles. The van der Waals surface area contributed by atoms with E-state index >= 15 is 0 Å². The molecule has 0 amide bonds. The largest absolute Gasteiger partial charge is 0.481 e. The fourth-order valence-electron chi connectivity index (χ4n) is 1.71. The summed E-state index contributed by atoms with van der Waals surface area (Å²) in [5.74, 6) is -0.714. The average molecular weight is 235 g/mol. The van der Waals surface area contributed by atoms with Crippen LogP contribution in [0.4, 0.5) is 5.69 Å². The number of carbonyl (C=O) groups is 1. The number of aryl methyl sites for hydroxylation is 1. The number of carboxylic acids is 1. The minimum atomic E-state index is -0.714. The van der Waals surface area contributed by atoms with E-state index in [4.69, 9.17) is 5.11 Å². The highest BCUT2D eigenvalue weighted by molar-refractivity contribution is 5.66. The van der Waals surface area contributed by atoms with Gasteiger partial charge in [0.25, 0.3) is 0 Å². The molecule has 0 unspecified atom stereocenters. The van der Waals surface area contributed by atoms with Crippen LogP contribution >= 0.6 is 0 Å². The minimum absolute atomic E-state index is 0.261. The molecule has 0 aliphatic heterocycles. The quantitative estimate of drug-likeness (QED) is 0.680. The Labute approximate surface area is 103 Å². The predicted molar refractivity (Wildman–Crippen MR) is 70.4 cm³/mol. The topological polar surface area (TPSA) is 49.3 Å². The molecule has 0 aliphatic carbocycles. The molecule has 0 spiro atoms. The van der Waals surface area contributed by atoms with Gasteiger partial charge in [0.2, 0.25) is 0 Å². The molecule has 0 heterocycles. The van der Waals surface area contributed by atoms with Crippen LogP contribution in [0.5, 0.6) is 0 Å². The number of hydrogen-bond donors (Lipinski definition) is 2. The maximum absolute atomic E-state index is 10.3. The first-order chi connectivity index (χ1) is 8.22. The van der Waals surface area contributed by atoms with E-state index < -0.39 is 5.97 Å². The normalized spacial score (nSPS) is 10.2. The molecule has 0 saturated carbocycles. The summed E-state index contributed by atoms with van der Waals surface area (Å²) in [4.78, 5) is 10.3. The van der Waals surface area contributed by atoms with E-state index in [1.807, 2.05) is 0 Å². The number of rotatable bonds is 8. The summed E-state index contributed by atoms with van der Waals surface area (Å²) in [7, 11) is 0. The maximum atomic E-state index is 10.3. The molecule has 0 aromatic heterocycles. The molecule has 3 heteroatoms. The van der Waals surface area contributed by atoms with Crippen LogP contribution in [0.1, 0.15) is 38.2 Å². The molecule has 3 nitrogen and oxygen atoms in total. The molecular formula is C14H21NO2. The summed E-state index contributed by atoms with van der Waals surface area (Å²) in [5.41, 5.74) is 2.48. The zero-order chi connectivity index (χ0) is 12.5. The van der Waals surface area contributed by atoms with Gasteiger partial charge in [-0.3, -0.25) is 4.79 Å². The summed E-state index contributed by atoms with van der Waals surface area (Å²) < 4.78 is 0. The SMILES string of the molecule is CCCc1ccc(NCCCCC(=O)O)cc1. The van der Waals surface area contributed by atoms with Crippen molar-refractivity contribution in [2.75, 3.05) is 11.9 Å². The van der Waals surface area contributed by atoms with Crippen molar-refractivity contribution in [3.63, 3.8) is 0 Å². The van der Waals surface area contributed by atoms with E-state index in [-0.39, 0.29) is 6.42 Å². The first-order valence-electron chi connectivity index (χ1n) is 6.27. The Morgan fingerprint density at radius 1 is 1.24 bits per heavy atom. The third-order valence-corrected chi connectivity index (χ3v) is 2.64. The van der Waals surface area contributed by atoms with Crippen LogP contribution in [0.3, 0.4) is 0 Å². The minimum Gasteiger partial charge on any atom is -0.481 e. The van der Waals surface area contributed by atoms with Crippen LogP contribution in [-0.4, -0.2) is 17.6 Å². The van der Waals surface area contributed by atoms with Crippen molar-refractivity contribution in [2.24, 2.45) is 0 Å². The number of hydrogen-bond acceptors (Lipinski definition) is 2. The lowest BCUT2D eigenvalue weighted by Crippen LogP contribution is -2.03. The van der Waals surface area contributed by atoms with Gasteiger partial charge in [-0.25, -0.2) is 0 Å². The molecule has 17 heavy (non-hydrogen) atoms. The summed E-state index contributed by atoms with van der Waals surface area (Å²) in [6, 6.07) is 8.45. The molecule has 0 bridgehead atoms. The van der Waals surface area contributed by atoms with E-state index in [1.54, 1.807) is 0 Å². The average Bonchev–Trinajstić information content (AvgIpc) is 2.31. The van der Waals surface area contributed by atoms with Crippen LogP contribution in [0, 0.1) is 0 Å². The second-order valence-electron chi connectivity index (χ2n) is 4.22. The molecule has 0 fully saturated rings. The molecule has 2 N–H and O–H groups in total. The zero-order valence-electron chi connectivity index (χ0n) is 10.4. The second kappa shape index (κ2) is 7.71. The van der Waals surface area contributed by atoms with Gasteiger partial charge in [0.05, 0.1) is 0 Å². The zero-order valence-corrected chi connectivity index (χ0v) is 10.4. The number of unbranched alkanes of at least 4 members (excludes halogenated alkanes) is 1. The fourth-order valence-corrected chi connectivity index (χ4v) is 1.71. The Bertz CT molecular complexity index is 333. The Morgan fingerprint density at radius 2 is 1.94 bits per heavy atom. The Morgan fingerprint density at radius 3 is 2.53 bits per heavy atom. The smallest absolute Gasteiger partial charge is 0.303 e. The predicted octanol–water partition coefficient (Wildman–Crippen LogP) is 3.31. The first-order valence-corrected chi connectivity index (χ1v) is 6.27. The van der Waals surface area contributed by atoms with Crippen molar-refractivity contribution in [1.29, 1.82) is 0 Å². The highest BCUT2D eigenvalue weighted by Crippen LogP contribution is 2.11. The number of aliphatic carboxylic acids is 1. The molecule has 0 radical (unpaired) electrons. The second-order valence-corrected chi connectivity index (χ2v) is 4.22. The van der Waals surface area contributed by atoms with Crippen LogP contribution < -0.4 is 5.32 Å². The van der Waals surface area contributed by atoms with Gasteiger partial charge in [-0.05, 0) is 37.0 Å². The third-order valence-electron chi connectivity index (χ3n) is 2.64. The van der Waals surface area contributed by atoms with Gasteiger partial charge in [0.1, 0.15) is 0 Å². The third kappa shape index (κ3) is 5.95. The van der Waals surface area contributed by atoms with Crippen LogP contribution in [0.15, 0.2) is 24.3 Å². The van der Waals surface area contributed by atoms with Gasteiger partial charge in [-0.15, -0.1) is 0 Å². The van der Waals surface area contributed by atoms with Crippen molar-refractivity contribution in [2.45, 2.75) is 39.0 Å². The standard InChI is InChI=1S/C14H21NO2/c1-2-5-12-7-9-13(10-8-12)15-11-4-3-6-14(16)17/h7-10,15H,2-6,11H2,1H3,(H,16,17). The summed E-state index contributed by atoms with van der Waals surface area (Å²) in [5, 5.41) is 11.8. The van der Waals surface area contributed by atoms with Gasteiger partial charge < -0.3 is 10.4 Å². The van der Waals surface area contributed by atoms with Crippen molar-refractivity contribution >= 4 is 11.7 Å². The van der Waals surface area contributed by atoms with Crippen LogP contribution in [-0.2, 0) is 11.2 Å². The molecule has 1 aromatic rings. The van der Waals surface area contributed by atoms with Crippen LogP contribution in [0.2, 0.25) is 0 Å². The van der Waals surface area contributed by atoms with Crippen molar-refractivity contribution < 1.29 is 9.90 Å². The van der Waals surface area contributed by atoms with E-state index in [0.29, 0.717) is 0 Å². The van der Waals surface area contributed by atoms with Gasteiger partial charge in [-0.1, -0.05) is 25.5 Å². The molecule has 0 saturated heterocycles. The van der Waals surface area contributed by atoms with E-state index in [1.165, 1.54) is 12.0 Å². The molecule has 94 valence electrons. The van der Waals surface area contributed by atoms with Gasteiger partial charge >= 0.3 is 5.97 Å². The summed E-state index contributed by atoms with van der Waals surface area (Å²) in [6.07, 6.45) is 4.18. The Balaban J connectivity index is 2.20. The Kier molecular flexibility index (Phi) is 6.15. The number of nitrogens with one attached hydrogen (secondary N) is 1. The van der Waals surface area contributed by atoms with E-state index in [0.717, 1.165) is 31.5 Å². The van der Waals surface area contributed by atoms with Crippen molar-refractivity contribution in [3.05, 3.63) is 29.8 Å². The fraction of sp³-hybridized carbons (Fsp3) is 0.500. The monoisotopic (exact) mass is 235 g/mol. The lowest BCUT2D eigenvalue weighted by molar-refractivity contribution is -0.137. The van der Waals surface area contributed by atoms with Gasteiger partial charge in [-0.2, -0.15) is 0 Å². The lowest BCUT2D eigenvalue weighted by atomic mass is 10.1.